The summed E-state index contributed by atoms with van der Waals surface area (Å²) in [5.74, 6) is -0.218. The minimum absolute atomic E-state index is 0.173. The van der Waals surface area contributed by atoms with Gasteiger partial charge in [0.05, 0.1) is 25.8 Å². The van der Waals surface area contributed by atoms with E-state index in [1.54, 1.807) is 24.1 Å². The number of carbonyl (C=O) groups is 2. The van der Waals surface area contributed by atoms with Crippen molar-refractivity contribution in [1.82, 2.24) is 10.2 Å². The van der Waals surface area contributed by atoms with Crippen molar-refractivity contribution in [2.45, 2.75) is 12.6 Å². The number of carboxylic acids is 1. The molecule has 0 saturated carbocycles. The molecule has 1 unspecified atom stereocenters. The van der Waals surface area contributed by atoms with E-state index in [2.05, 4.69) is 5.32 Å². The van der Waals surface area contributed by atoms with Crippen LogP contribution in [0.1, 0.15) is 27.6 Å². The van der Waals surface area contributed by atoms with Crippen LogP contribution in [0, 0.1) is 0 Å². The summed E-state index contributed by atoms with van der Waals surface area (Å²) < 4.78 is 11.1. The van der Waals surface area contributed by atoms with E-state index in [1.165, 1.54) is 12.1 Å². The number of morpholine rings is 1. The number of methoxy groups -OCH3 is 1. The molecule has 0 aromatic heterocycles. The van der Waals surface area contributed by atoms with Crippen LogP contribution in [0.3, 0.4) is 0 Å². The van der Waals surface area contributed by atoms with Crippen molar-refractivity contribution in [3.8, 4) is 5.75 Å². The molecule has 0 radical (unpaired) electrons. The first-order chi connectivity index (χ1) is 13.1. The lowest BCUT2D eigenvalue weighted by Crippen LogP contribution is -2.46. The first-order valence-corrected chi connectivity index (χ1v) is 8.67. The van der Waals surface area contributed by atoms with Crippen LogP contribution in [0.4, 0.5) is 4.79 Å². The fourth-order valence-corrected chi connectivity index (χ4v) is 2.93. The molecule has 2 aromatic carbocycles. The molecule has 1 fully saturated rings. The molecule has 1 aliphatic heterocycles. The Hall–Kier alpha value is -3.06. The van der Waals surface area contributed by atoms with Gasteiger partial charge in [-0.05, 0) is 35.4 Å². The Balaban J connectivity index is 1.57. The Labute approximate surface area is 157 Å². The maximum atomic E-state index is 12.5. The van der Waals surface area contributed by atoms with E-state index in [0.29, 0.717) is 26.2 Å². The van der Waals surface area contributed by atoms with E-state index >= 15 is 0 Å². The molecule has 27 heavy (non-hydrogen) atoms. The van der Waals surface area contributed by atoms with Gasteiger partial charge in [-0.3, -0.25) is 0 Å². The van der Waals surface area contributed by atoms with Crippen molar-refractivity contribution in [1.29, 1.82) is 0 Å². The Bertz CT molecular complexity index is 806. The first kappa shape index (κ1) is 18.7. The summed E-state index contributed by atoms with van der Waals surface area (Å²) in [5, 5.41) is 11.8. The van der Waals surface area contributed by atoms with Crippen LogP contribution in [-0.2, 0) is 11.3 Å². The van der Waals surface area contributed by atoms with Gasteiger partial charge in [0, 0.05) is 13.1 Å². The summed E-state index contributed by atoms with van der Waals surface area (Å²) in [6.45, 7) is 1.77. The number of amides is 2. The molecule has 1 heterocycles. The molecule has 7 nitrogen and oxygen atoms in total. The van der Waals surface area contributed by atoms with Crippen molar-refractivity contribution in [3.05, 3.63) is 65.2 Å². The Morgan fingerprint density at radius 2 is 2.04 bits per heavy atom. The Morgan fingerprint density at radius 1 is 1.26 bits per heavy atom. The highest BCUT2D eigenvalue weighted by atomic mass is 16.5. The van der Waals surface area contributed by atoms with Crippen molar-refractivity contribution in [2.24, 2.45) is 0 Å². The predicted molar refractivity (Wildman–Crippen MR) is 98.9 cm³/mol. The number of carbonyl (C=O) groups excluding carboxylic acids is 1. The standard InChI is InChI=1S/C20H22N2O5/c1-26-17-4-2-3-16(11-17)18-13-22(9-10-27-18)20(25)21-12-14-5-7-15(8-6-14)19(23)24/h2-8,11,18H,9-10,12-13H2,1H3,(H,21,25)(H,23,24). The second-order valence-corrected chi connectivity index (χ2v) is 6.24. The van der Waals surface area contributed by atoms with Crippen molar-refractivity contribution < 1.29 is 24.2 Å². The minimum Gasteiger partial charge on any atom is -0.497 e. The zero-order valence-electron chi connectivity index (χ0n) is 15.1. The number of urea groups is 1. The number of benzene rings is 2. The van der Waals surface area contributed by atoms with Crippen LogP contribution in [0.5, 0.6) is 5.75 Å². The van der Waals surface area contributed by atoms with E-state index in [-0.39, 0.29) is 17.7 Å². The molecule has 1 aliphatic rings. The van der Waals surface area contributed by atoms with Gasteiger partial charge in [0.2, 0.25) is 0 Å². The average Bonchev–Trinajstić information content (AvgIpc) is 2.72. The topological polar surface area (TPSA) is 88.1 Å². The number of ether oxygens (including phenoxy) is 2. The average molecular weight is 370 g/mol. The third-order valence-electron chi connectivity index (χ3n) is 4.46. The van der Waals surface area contributed by atoms with Crippen LogP contribution in [-0.4, -0.2) is 48.8 Å². The molecule has 0 spiro atoms. The lowest BCUT2D eigenvalue weighted by atomic mass is 10.1. The summed E-state index contributed by atoms with van der Waals surface area (Å²) in [4.78, 5) is 25.1. The molecule has 7 heteroatoms. The van der Waals surface area contributed by atoms with Gasteiger partial charge in [0.1, 0.15) is 11.9 Å². The molecule has 2 aromatic rings. The quantitative estimate of drug-likeness (QED) is 0.845. The zero-order chi connectivity index (χ0) is 19.2. The van der Waals surface area contributed by atoms with Gasteiger partial charge in [-0.25, -0.2) is 9.59 Å². The highest BCUT2D eigenvalue weighted by molar-refractivity contribution is 5.87. The monoisotopic (exact) mass is 370 g/mol. The normalized spacial score (nSPS) is 16.6. The van der Waals surface area contributed by atoms with Crippen molar-refractivity contribution >= 4 is 12.0 Å². The maximum absolute atomic E-state index is 12.5. The lowest BCUT2D eigenvalue weighted by Gasteiger charge is -2.33. The highest BCUT2D eigenvalue weighted by Crippen LogP contribution is 2.25. The van der Waals surface area contributed by atoms with Gasteiger partial charge >= 0.3 is 12.0 Å². The van der Waals surface area contributed by atoms with E-state index in [9.17, 15) is 9.59 Å². The fraction of sp³-hybridized carbons (Fsp3) is 0.300. The minimum atomic E-state index is -0.970. The van der Waals surface area contributed by atoms with Crippen LogP contribution >= 0.6 is 0 Å². The van der Waals surface area contributed by atoms with E-state index < -0.39 is 5.97 Å². The fourth-order valence-electron chi connectivity index (χ4n) is 2.93. The number of hydrogen-bond acceptors (Lipinski definition) is 4. The predicted octanol–water partition coefficient (Wildman–Crippen LogP) is 2.68. The van der Waals surface area contributed by atoms with E-state index in [4.69, 9.17) is 14.6 Å². The van der Waals surface area contributed by atoms with Crippen LogP contribution < -0.4 is 10.1 Å². The third kappa shape index (κ3) is 4.77. The number of nitrogens with one attached hydrogen (secondary N) is 1. The summed E-state index contributed by atoms with van der Waals surface area (Å²) in [6, 6.07) is 13.9. The summed E-state index contributed by atoms with van der Waals surface area (Å²) in [7, 11) is 1.61. The second-order valence-electron chi connectivity index (χ2n) is 6.24. The molecule has 1 atom stereocenters. The van der Waals surface area contributed by atoms with Crippen LogP contribution in [0.25, 0.3) is 0 Å². The molecule has 142 valence electrons. The van der Waals surface area contributed by atoms with Gasteiger partial charge in [0.25, 0.3) is 0 Å². The van der Waals surface area contributed by atoms with Crippen molar-refractivity contribution in [2.75, 3.05) is 26.8 Å². The van der Waals surface area contributed by atoms with Crippen LogP contribution in [0.15, 0.2) is 48.5 Å². The van der Waals surface area contributed by atoms with Gasteiger partial charge < -0.3 is 24.8 Å². The Kier molecular flexibility index (Phi) is 5.93. The smallest absolute Gasteiger partial charge is 0.335 e. The van der Waals surface area contributed by atoms with E-state index in [1.807, 2.05) is 24.3 Å². The number of hydrogen-bond donors (Lipinski definition) is 2. The zero-order valence-corrected chi connectivity index (χ0v) is 15.1. The summed E-state index contributed by atoms with van der Waals surface area (Å²) in [5.41, 5.74) is 2.03. The number of aromatic carboxylic acids is 1. The number of nitrogens with zero attached hydrogens (tertiary/aromatic N) is 1. The van der Waals surface area contributed by atoms with Gasteiger partial charge in [-0.15, -0.1) is 0 Å². The van der Waals surface area contributed by atoms with Gasteiger partial charge in [-0.2, -0.15) is 0 Å². The molecule has 0 bridgehead atoms. The molecule has 1 saturated heterocycles. The van der Waals surface area contributed by atoms with Gasteiger partial charge in [0.15, 0.2) is 0 Å². The molecule has 2 N–H and O–H groups in total. The largest absolute Gasteiger partial charge is 0.497 e. The number of rotatable bonds is 5. The second kappa shape index (κ2) is 8.55. The molecular formula is C20H22N2O5. The van der Waals surface area contributed by atoms with Crippen molar-refractivity contribution in [3.63, 3.8) is 0 Å². The summed E-state index contributed by atoms with van der Waals surface area (Å²) in [6.07, 6.45) is -0.200. The first-order valence-electron chi connectivity index (χ1n) is 8.67. The van der Waals surface area contributed by atoms with Crippen LogP contribution in [0.2, 0.25) is 0 Å². The lowest BCUT2D eigenvalue weighted by molar-refractivity contribution is -0.0155. The highest BCUT2D eigenvalue weighted by Gasteiger charge is 2.25. The Morgan fingerprint density at radius 3 is 2.74 bits per heavy atom. The van der Waals surface area contributed by atoms with E-state index in [0.717, 1.165) is 16.9 Å². The summed E-state index contributed by atoms with van der Waals surface area (Å²) >= 11 is 0. The molecular weight excluding hydrogens is 348 g/mol. The molecule has 3 rings (SSSR count). The number of carboxylic acid groups (broad SMARTS) is 1. The molecule has 0 aliphatic carbocycles. The SMILES string of the molecule is COc1cccc(C2CN(C(=O)NCc3ccc(C(=O)O)cc3)CCO2)c1. The molecule has 2 amide bonds. The maximum Gasteiger partial charge on any atom is 0.335 e. The van der Waals surface area contributed by atoms with Gasteiger partial charge in [-0.1, -0.05) is 24.3 Å². The third-order valence-corrected chi connectivity index (χ3v) is 4.46.